The van der Waals surface area contributed by atoms with Gasteiger partial charge in [-0.1, -0.05) is 35.3 Å². The van der Waals surface area contributed by atoms with Crippen LogP contribution in [0, 0.1) is 5.82 Å². The number of amides is 1. The van der Waals surface area contributed by atoms with Gasteiger partial charge < -0.3 is 5.32 Å². The number of carbonyl (C=O) groups is 1. The van der Waals surface area contributed by atoms with E-state index >= 15 is 0 Å². The van der Waals surface area contributed by atoms with Crippen LogP contribution in [-0.2, 0) is 11.2 Å². The smallest absolute Gasteiger partial charge is 0.228 e. The first-order valence-corrected chi connectivity index (χ1v) is 6.29. The molecule has 0 aliphatic carbocycles. The minimum atomic E-state index is -0.492. The molecule has 0 aromatic heterocycles. The molecule has 0 aliphatic rings. The average Bonchev–Trinajstić information content (AvgIpc) is 2.33. The number of halogens is 3. The highest BCUT2D eigenvalue weighted by Crippen LogP contribution is 2.17. The molecule has 2 rings (SSSR count). The standard InChI is InChI=1S/C14H10Cl2FNO/c15-10-2-1-3-12(7-10)18-14(19)6-9-4-5-11(16)8-13(9)17/h1-5,7-8H,6H2,(H,18,19). The number of rotatable bonds is 3. The summed E-state index contributed by atoms with van der Waals surface area (Å²) in [5.41, 5.74) is 0.871. The van der Waals surface area contributed by atoms with E-state index in [-0.39, 0.29) is 12.3 Å². The van der Waals surface area contributed by atoms with Crippen LogP contribution in [0.4, 0.5) is 10.1 Å². The molecule has 1 amide bonds. The van der Waals surface area contributed by atoms with Crippen molar-refractivity contribution in [2.75, 3.05) is 5.32 Å². The lowest BCUT2D eigenvalue weighted by molar-refractivity contribution is -0.115. The fraction of sp³-hybridized carbons (Fsp3) is 0.0714. The summed E-state index contributed by atoms with van der Waals surface area (Å²) in [6, 6.07) is 11.0. The molecule has 0 bridgehead atoms. The van der Waals surface area contributed by atoms with Gasteiger partial charge in [0.2, 0.25) is 5.91 Å². The van der Waals surface area contributed by atoms with Crippen molar-refractivity contribution in [3.8, 4) is 0 Å². The zero-order chi connectivity index (χ0) is 13.8. The quantitative estimate of drug-likeness (QED) is 0.898. The number of hydrogen-bond donors (Lipinski definition) is 1. The van der Waals surface area contributed by atoms with Crippen molar-refractivity contribution < 1.29 is 9.18 Å². The van der Waals surface area contributed by atoms with Gasteiger partial charge in [0.05, 0.1) is 6.42 Å². The third-order valence-corrected chi connectivity index (χ3v) is 2.94. The van der Waals surface area contributed by atoms with Crippen LogP contribution in [0.25, 0.3) is 0 Å². The second kappa shape index (κ2) is 6.04. The van der Waals surface area contributed by atoms with Crippen molar-refractivity contribution >= 4 is 34.8 Å². The third kappa shape index (κ3) is 3.94. The molecule has 0 spiro atoms. The van der Waals surface area contributed by atoms with E-state index in [4.69, 9.17) is 23.2 Å². The van der Waals surface area contributed by atoms with E-state index in [2.05, 4.69) is 5.32 Å². The number of nitrogens with one attached hydrogen (secondary N) is 1. The number of anilines is 1. The summed E-state index contributed by atoms with van der Waals surface area (Å²) in [5, 5.41) is 3.48. The highest BCUT2D eigenvalue weighted by atomic mass is 35.5. The third-order valence-electron chi connectivity index (χ3n) is 2.47. The zero-order valence-corrected chi connectivity index (χ0v) is 11.3. The molecule has 0 heterocycles. The lowest BCUT2D eigenvalue weighted by Gasteiger charge is -2.06. The summed E-state index contributed by atoms with van der Waals surface area (Å²) in [5.74, 6) is -0.808. The van der Waals surface area contributed by atoms with Gasteiger partial charge in [-0.25, -0.2) is 4.39 Å². The van der Waals surface area contributed by atoms with Crippen LogP contribution in [0.2, 0.25) is 10.0 Å². The molecular weight excluding hydrogens is 288 g/mol. The molecule has 19 heavy (non-hydrogen) atoms. The van der Waals surface area contributed by atoms with Crippen molar-refractivity contribution in [3.63, 3.8) is 0 Å². The maximum absolute atomic E-state index is 13.5. The van der Waals surface area contributed by atoms with Crippen molar-refractivity contribution in [2.24, 2.45) is 0 Å². The minimum Gasteiger partial charge on any atom is -0.326 e. The largest absolute Gasteiger partial charge is 0.326 e. The van der Waals surface area contributed by atoms with Crippen LogP contribution in [0.5, 0.6) is 0 Å². The van der Waals surface area contributed by atoms with Gasteiger partial charge in [0.25, 0.3) is 0 Å². The Bertz CT molecular complexity index is 616. The highest BCUT2D eigenvalue weighted by molar-refractivity contribution is 6.31. The number of carbonyl (C=O) groups excluding carboxylic acids is 1. The number of hydrogen-bond acceptors (Lipinski definition) is 1. The highest BCUT2D eigenvalue weighted by Gasteiger charge is 2.09. The van der Waals surface area contributed by atoms with Crippen LogP contribution in [0.3, 0.4) is 0 Å². The summed E-state index contributed by atoms with van der Waals surface area (Å²) < 4.78 is 13.5. The van der Waals surface area contributed by atoms with E-state index in [1.807, 2.05) is 0 Å². The van der Waals surface area contributed by atoms with Crippen LogP contribution in [0.1, 0.15) is 5.56 Å². The summed E-state index contributed by atoms with van der Waals surface area (Å²) >= 11 is 11.5. The first kappa shape index (κ1) is 13.8. The Kier molecular flexibility index (Phi) is 4.40. The van der Waals surface area contributed by atoms with Gasteiger partial charge in [-0.15, -0.1) is 0 Å². The van der Waals surface area contributed by atoms with Crippen molar-refractivity contribution in [1.29, 1.82) is 0 Å². The van der Waals surface area contributed by atoms with Crippen molar-refractivity contribution in [3.05, 3.63) is 63.9 Å². The monoisotopic (exact) mass is 297 g/mol. The molecule has 2 aromatic carbocycles. The topological polar surface area (TPSA) is 29.1 Å². The summed E-state index contributed by atoms with van der Waals surface area (Å²) in [6.07, 6.45) is -0.0600. The molecule has 2 aromatic rings. The summed E-state index contributed by atoms with van der Waals surface area (Å²) in [6.45, 7) is 0. The first-order valence-electron chi connectivity index (χ1n) is 5.54. The van der Waals surface area contributed by atoms with Crippen molar-refractivity contribution in [1.82, 2.24) is 0 Å². The van der Waals surface area contributed by atoms with E-state index in [1.54, 1.807) is 30.3 Å². The molecule has 0 fully saturated rings. The van der Waals surface area contributed by atoms with E-state index in [0.29, 0.717) is 21.3 Å². The minimum absolute atomic E-state index is 0.0600. The summed E-state index contributed by atoms with van der Waals surface area (Å²) in [4.78, 5) is 11.8. The van der Waals surface area contributed by atoms with Crippen LogP contribution < -0.4 is 5.32 Å². The van der Waals surface area contributed by atoms with Gasteiger partial charge >= 0.3 is 0 Å². The van der Waals surface area contributed by atoms with Gasteiger partial charge in [-0.3, -0.25) is 4.79 Å². The SMILES string of the molecule is O=C(Cc1ccc(Cl)cc1F)Nc1cccc(Cl)c1. The van der Waals surface area contributed by atoms with Crippen LogP contribution in [0.15, 0.2) is 42.5 Å². The van der Waals surface area contributed by atoms with E-state index in [0.717, 1.165) is 0 Å². The van der Waals surface area contributed by atoms with E-state index < -0.39 is 5.82 Å². The maximum Gasteiger partial charge on any atom is 0.228 e. The fourth-order valence-corrected chi connectivity index (χ4v) is 1.96. The Hall–Kier alpha value is -1.58. The van der Waals surface area contributed by atoms with Gasteiger partial charge in [-0.05, 0) is 35.9 Å². The lowest BCUT2D eigenvalue weighted by atomic mass is 10.1. The Balaban J connectivity index is 2.05. The predicted octanol–water partition coefficient (Wildman–Crippen LogP) is 4.31. The van der Waals surface area contributed by atoms with Crippen LogP contribution >= 0.6 is 23.2 Å². The predicted molar refractivity (Wildman–Crippen MR) is 75.2 cm³/mol. The van der Waals surface area contributed by atoms with Gasteiger partial charge in [-0.2, -0.15) is 0 Å². The Morgan fingerprint density at radius 3 is 2.53 bits per heavy atom. The Labute approximate surface area is 120 Å². The first-order chi connectivity index (χ1) is 9.04. The molecule has 0 saturated carbocycles. The molecule has 0 saturated heterocycles. The Morgan fingerprint density at radius 2 is 1.84 bits per heavy atom. The van der Waals surface area contributed by atoms with Gasteiger partial charge in [0.1, 0.15) is 5.82 Å². The normalized spacial score (nSPS) is 10.3. The average molecular weight is 298 g/mol. The van der Waals surface area contributed by atoms with Crippen LogP contribution in [-0.4, -0.2) is 5.91 Å². The van der Waals surface area contributed by atoms with Crippen molar-refractivity contribution in [2.45, 2.75) is 6.42 Å². The molecule has 2 nitrogen and oxygen atoms in total. The summed E-state index contributed by atoms with van der Waals surface area (Å²) in [7, 11) is 0. The fourth-order valence-electron chi connectivity index (χ4n) is 1.61. The molecule has 98 valence electrons. The lowest BCUT2D eigenvalue weighted by Crippen LogP contribution is -2.15. The molecule has 0 atom stereocenters. The van der Waals surface area contributed by atoms with Gasteiger partial charge in [0, 0.05) is 15.7 Å². The maximum atomic E-state index is 13.5. The molecule has 0 aliphatic heterocycles. The Morgan fingerprint density at radius 1 is 1.11 bits per heavy atom. The van der Waals surface area contributed by atoms with E-state index in [1.165, 1.54) is 12.1 Å². The van der Waals surface area contributed by atoms with E-state index in [9.17, 15) is 9.18 Å². The molecule has 5 heteroatoms. The molecular formula is C14H10Cl2FNO. The second-order valence-corrected chi connectivity index (χ2v) is 4.84. The number of benzene rings is 2. The molecule has 1 N–H and O–H groups in total. The van der Waals surface area contributed by atoms with Gasteiger partial charge in [0.15, 0.2) is 0 Å². The zero-order valence-electron chi connectivity index (χ0n) is 9.79. The molecule has 0 unspecified atom stereocenters. The second-order valence-electron chi connectivity index (χ2n) is 3.97. The molecule has 0 radical (unpaired) electrons.